The Balaban J connectivity index is 1.72. The summed E-state index contributed by atoms with van der Waals surface area (Å²) in [5, 5.41) is 4.58. The molecular formula is C17H16N2S. The van der Waals surface area contributed by atoms with Crippen molar-refractivity contribution in [3.8, 4) is 0 Å². The van der Waals surface area contributed by atoms with Gasteiger partial charge < -0.3 is 5.32 Å². The molecule has 0 radical (unpaired) electrons. The SMILES string of the molecule is CSc1ccc(CNc2cnc3ccccc3c2)cc1. The maximum atomic E-state index is 4.45. The lowest BCUT2D eigenvalue weighted by Crippen LogP contribution is -1.99. The maximum absolute atomic E-state index is 4.45. The van der Waals surface area contributed by atoms with Gasteiger partial charge in [-0.05, 0) is 36.1 Å². The van der Waals surface area contributed by atoms with Crippen LogP contribution in [0.2, 0.25) is 0 Å². The second kappa shape index (κ2) is 5.97. The van der Waals surface area contributed by atoms with Gasteiger partial charge in [-0.25, -0.2) is 0 Å². The third-order valence-electron chi connectivity index (χ3n) is 3.25. The van der Waals surface area contributed by atoms with Crippen molar-refractivity contribution in [2.24, 2.45) is 0 Å². The van der Waals surface area contributed by atoms with Crippen molar-refractivity contribution < 1.29 is 0 Å². The quantitative estimate of drug-likeness (QED) is 0.709. The van der Waals surface area contributed by atoms with Crippen LogP contribution in [0.5, 0.6) is 0 Å². The second-order valence-corrected chi connectivity index (χ2v) is 5.50. The van der Waals surface area contributed by atoms with Crippen LogP contribution < -0.4 is 5.32 Å². The number of hydrogen-bond donors (Lipinski definition) is 1. The molecule has 2 nitrogen and oxygen atoms in total. The van der Waals surface area contributed by atoms with Crippen molar-refractivity contribution >= 4 is 28.4 Å². The number of anilines is 1. The Morgan fingerprint density at radius 2 is 1.85 bits per heavy atom. The normalized spacial score (nSPS) is 10.7. The molecule has 100 valence electrons. The molecule has 0 amide bonds. The molecule has 0 aliphatic rings. The molecule has 3 heteroatoms. The standard InChI is InChI=1S/C17H16N2S/c1-20-16-8-6-13(7-9-16)11-18-15-10-14-4-2-3-5-17(14)19-12-15/h2-10,12,18H,11H2,1H3. The van der Waals surface area contributed by atoms with Crippen LogP contribution in [0.1, 0.15) is 5.56 Å². The molecule has 0 saturated heterocycles. The lowest BCUT2D eigenvalue weighted by Gasteiger charge is -2.07. The zero-order valence-electron chi connectivity index (χ0n) is 11.3. The van der Waals surface area contributed by atoms with E-state index in [0.717, 1.165) is 23.1 Å². The molecular weight excluding hydrogens is 264 g/mol. The van der Waals surface area contributed by atoms with E-state index in [4.69, 9.17) is 0 Å². The molecule has 0 bridgehead atoms. The number of benzene rings is 2. The molecule has 3 aromatic rings. The number of nitrogens with zero attached hydrogens (tertiary/aromatic N) is 1. The minimum absolute atomic E-state index is 0.814. The van der Waals surface area contributed by atoms with Gasteiger partial charge in [0.05, 0.1) is 17.4 Å². The first-order valence-electron chi connectivity index (χ1n) is 6.57. The highest BCUT2D eigenvalue weighted by atomic mass is 32.2. The molecule has 2 aromatic carbocycles. The minimum Gasteiger partial charge on any atom is -0.380 e. The van der Waals surface area contributed by atoms with E-state index in [0.29, 0.717) is 0 Å². The predicted octanol–water partition coefficient (Wildman–Crippen LogP) is 4.57. The fraction of sp³-hybridized carbons (Fsp3) is 0.118. The molecule has 0 spiro atoms. The number of rotatable bonds is 4. The van der Waals surface area contributed by atoms with Gasteiger partial charge in [0.25, 0.3) is 0 Å². The van der Waals surface area contributed by atoms with Gasteiger partial charge in [0, 0.05) is 16.8 Å². The van der Waals surface area contributed by atoms with Crippen LogP contribution in [-0.4, -0.2) is 11.2 Å². The number of aromatic nitrogens is 1. The molecule has 0 saturated carbocycles. The Bertz CT molecular complexity index is 708. The summed E-state index contributed by atoms with van der Waals surface area (Å²) < 4.78 is 0. The van der Waals surface area contributed by atoms with Crippen molar-refractivity contribution in [1.29, 1.82) is 0 Å². The van der Waals surface area contributed by atoms with Crippen molar-refractivity contribution in [2.75, 3.05) is 11.6 Å². The minimum atomic E-state index is 0.814. The summed E-state index contributed by atoms with van der Waals surface area (Å²) in [5.74, 6) is 0. The van der Waals surface area contributed by atoms with Crippen LogP contribution in [0.3, 0.4) is 0 Å². The van der Waals surface area contributed by atoms with Gasteiger partial charge in [0.15, 0.2) is 0 Å². The topological polar surface area (TPSA) is 24.9 Å². The Kier molecular flexibility index (Phi) is 3.88. The number of hydrogen-bond acceptors (Lipinski definition) is 3. The number of pyridine rings is 1. The summed E-state index contributed by atoms with van der Waals surface area (Å²) in [5.41, 5.74) is 3.36. The van der Waals surface area contributed by atoms with Gasteiger partial charge in [-0.1, -0.05) is 30.3 Å². The molecule has 20 heavy (non-hydrogen) atoms. The second-order valence-electron chi connectivity index (χ2n) is 4.62. The fourth-order valence-corrected chi connectivity index (χ4v) is 2.52. The van der Waals surface area contributed by atoms with Gasteiger partial charge in [0.2, 0.25) is 0 Å². The average Bonchev–Trinajstić information content (AvgIpc) is 2.53. The van der Waals surface area contributed by atoms with E-state index in [1.807, 2.05) is 24.4 Å². The Morgan fingerprint density at radius 3 is 2.65 bits per heavy atom. The van der Waals surface area contributed by atoms with E-state index in [1.54, 1.807) is 11.8 Å². The van der Waals surface area contributed by atoms with Gasteiger partial charge in [-0.15, -0.1) is 11.8 Å². The van der Waals surface area contributed by atoms with Gasteiger partial charge in [0.1, 0.15) is 0 Å². The van der Waals surface area contributed by atoms with E-state index in [-0.39, 0.29) is 0 Å². The van der Waals surface area contributed by atoms with Gasteiger partial charge >= 0.3 is 0 Å². The monoisotopic (exact) mass is 280 g/mol. The summed E-state index contributed by atoms with van der Waals surface area (Å²) in [6.45, 7) is 0.814. The van der Waals surface area contributed by atoms with E-state index in [2.05, 4.69) is 53.0 Å². The smallest absolute Gasteiger partial charge is 0.0703 e. The van der Waals surface area contributed by atoms with E-state index in [1.165, 1.54) is 10.5 Å². The van der Waals surface area contributed by atoms with Crippen LogP contribution in [0, 0.1) is 0 Å². The number of thioether (sulfide) groups is 1. The molecule has 0 aliphatic carbocycles. The summed E-state index contributed by atoms with van der Waals surface area (Å²) in [6.07, 6.45) is 3.98. The van der Waals surface area contributed by atoms with Crippen molar-refractivity contribution in [3.63, 3.8) is 0 Å². The lowest BCUT2D eigenvalue weighted by molar-refractivity contribution is 1.13. The largest absolute Gasteiger partial charge is 0.380 e. The maximum Gasteiger partial charge on any atom is 0.0703 e. The van der Waals surface area contributed by atoms with Crippen molar-refractivity contribution in [1.82, 2.24) is 4.98 Å². The van der Waals surface area contributed by atoms with Crippen LogP contribution >= 0.6 is 11.8 Å². The third-order valence-corrected chi connectivity index (χ3v) is 3.99. The molecule has 0 fully saturated rings. The highest BCUT2D eigenvalue weighted by molar-refractivity contribution is 7.98. The fourth-order valence-electron chi connectivity index (χ4n) is 2.12. The lowest BCUT2D eigenvalue weighted by atomic mass is 10.2. The van der Waals surface area contributed by atoms with Crippen LogP contribution in [-0.2, 0) is 6.54 Å². The zero-order chi connectivity index (χ0) is 13.8. The summed E-state index contributed by atoms with van der Waals surface area (Å²) >= 11 is 1.76. The average molecular weight is 280 g/mol. The third kappa shape index (κ3) is 2.94. The zero-order valence-corrected chi connectivity index (χ0v) is 12.2. The number of fused-ring (bicyclic) bond motifs is 1. The van der Waals surface area contributed by atoms with Crippen molar-refractivity contribution in [3.05, 3.63) is 66.4 Å². The van der Waals surface area contributed by atoms with E-state index < -0.39 is 0 Å². The van der Waals surface area contributed by atoms with Crippen LogP contribution in [0.4, 0.5) is 5.69 Å². The molecule has 1 N–H and O–H groups in total. The number of para-hydroxylation sites is 1. The molecule has 1 aromatic heterocycles. The highest BCUT2D eigenvalue weighted by Crippen LogP contribution is 2.18. The predicted molar refractivity (Wildman–Crippen MR) is 87.3 cm³/mol. The Labute approximate surface area is 123 Å². The Hall–Kier alpha value is -2.00. The molecule has 0 atom stereocenters. The molecule has 1 heterocycles. The van der Waals surface area contributed by atoms with E-state index >= 15 is 0 Å². The molecule has 3 rings (SSSR count). The van der Waals surface area contributed by atoms with Crippen LogP contribution in [0.25, 0.3) is 10.9 Å². The first-order valence-corrected chi connectivity index (χ1v) is 7.79. The van der Waals surface area contributed by atoms with Gasteiger partial charge in [-0.3, -0.25) is 4.98 Å². The summed E-state index contributed by atoms with van der Waals surface area (Å²) in [7, 11) is 0. The first kappa shape index (κ1) is 13.0. The first-order chi connectivity index (χ1) is 9.85. The molecule has 0 unspecified atom stereocenters. The highest BCUT2D eigenvalue weighted by Gasteiger charge is 1.98. The molecule has 0 aliphatic heterocycles. The summed E-state index contributed by atoms with van der Waals surface area (Å²) in [6, 6.07) is 18.9. The number of nitrogens with one attached hydrogen (secondary N) is 1. The van der Waals surface area contributed by atoms with Gasteiger partial charge in [-0.2, -0.15) is 0 Å². The summed E-state index contributed by atoms with van der Waals surface area (Å²) in [4.78, 5) is 5.75. The Morgan fingerprint density at radius 1 is 1.05 bits per heavy atom. The van der Waals surface area contributed by atoms with E-state index in [9.17, 15) is 0 Å². The van der Waals surface area contributed by atoms with Crippen LogP contribution in [0.15, 0.2) is 65.7 Å². The van der Waals surface area contributed by atoms with Crippen molar-refractivity contribution in [2.45, 2.75) is 11.4 Å².